The fourth-order valence-electron chi connectivity index (χ4n) is 2.06. The van der Waals surface area contributed by atoms with E-state index in [2.05, 4.69) is 0 Å². The van der Waals surface area contributed by atoms with E-state index in [0.717, 1.165) is 12.1 Å². The highest BCUT2D eigenvalue weighted by atomic mass is 35.5. The molecule has 1 aromatic carbocycles. The number of furan rings is 1. The number of carboxylic acid groups (broad SMARTS) is 1. The van der Waals surface area contributed by atoms with Gasteiger partial charge in [-0.05, 0) is 37.7 Å². The maximum Gasteiger partial charge on any atom is 0.372 e. The molecule has 0 radical (unpaired) electrons. The minimum atomic E-state index is -1.03. The highest BCUT2D eigenvalue weighted by Crippen LogP contribution is 2.17. The first-order chi connectivity index (χ1) is 9.45. The summed E-state index contributed by atoms with van der Waals surface area (Å²) in [6.45, 7) is 3.02. The van der Waals surface area contributed by atoms with Crippen LogP contribution in [0.2, 0.25) is 5.02 Å². The third-order valence-corrected chi connectivity index (χ3v) is 3.21. The summed E-state index contributed by atoms with van der Waals surface area (Å²) in [5.74, 6) is -0.370. The molecule has 106 valence electrons. The average molecular weight is 294 g/mol. The summed E-state index contributed by atoms with van der Waals surface area (Å²) >= 11 is 5.84. The molecule has 2 rings (SSSR count). The summed E-state index contributed by atoms with van der Waals surface area (Å²) in [4.78, 5) is 13.0. The summed E-state index contributed by atoms with van der Waals surface area (Å²) in [7, 11) is 1.95. The zero-order chi connectivity index (χ0) is 14.7. The highest BCUT2D eigenvalue weighted by molar-refractivity contribution is 6.30. The van der Waals surface area contributed by atoms with E-state index in [1.54, 1.807) is 13.0 Å². The predicted molar refractivity (Wildman–Crippen MR) is 77.0 cm³/mol. The summed E-state index contributed by atoms with van der Waals surface area (Å²) in [6, 6.07) is 9.40. The Morgan fingerprint density at radius 3 is 2.50 bits per heavy atom. The van der Waals surface area contributed by atoms with Crippen LogP contribution in [0.5, 0.6) is 0 Å². The van der Waals surface area contributed by atoms with Gasteiger partial charge in [-0.1, -0.05) is 23.7 Å². The number of aryl methyl sites for hydroxylation is 1. The molecule has 1 N–H and O–H groups in total. The SMILES string of the molecule is Cc1cc(CN(C)Cc2ccc(Cl)cc2)oc1C(=O)O. The van der Waals surface area contributed by atoms with Crippen molar-refractivity contribution in [2.24, 2.45) is 0 Å². The molecular formula is C15H16ClNO3. The van der Waals surface area contributed by atoms with Crippen molar-refractivity contribution in [3.8, 4) is 0 Å². The van der Waals surface area contributed by atoms with Crippen LogP contribution in [-0.2, 0) is 13.1 Å². The number of hydrogen-bond donors (Lipinski definition) is 1. The molecule has 0 amide bonds. The van der Waals surface area contributed by atoms with Gasteiger partial charge in [-0.15, -0.1) is 0 Å². The lowest BCUT2D eigenvalue weighted by molar-refractivity contribution is 0.0657. The van der Waals surface area contributed by atoms with Crippen LogP contribution in [0.15, 0.2) is 34.7 Å². The summed E-state index contributed by atoms with van der Waals surface area (Å²) in [5, 5.41) is 9.67. The molecule has 0 aliphatic heterocycles. The zero-order valence-corrected chi connectivity index (χ0v) is 12.1. The van der Waals surface area contributed by atoms with E-state index in [4.69, 9.17) is 21.1 Å². The normalized spacial score (nSPS) is 11.0. The van der Waals surface area contributed by atoms with Crippen LogP contribution in [0.1, 0.15) is 27.4 Å². The molecule has 0 fully saturated rings. The van der Waals surface area contributed by atoms with Crippen LogP contribution < -0.4 is 0 Å². The van der Waals surface area contributed by atoms with Gasteiger partial charge in [0.1, 0.15) is 5.76 Å². The maximum absolute atomic E-state index is 10.9. The first-order valence-electron chi connectivity index (χ1n) is 6.21. The predicted octanol–water partition coefficient (Wildman–Crippen LogP) is 3.57. The molecule has 0 unspecified atom stereocenters. The van der Waals surface area contributed by atoms with Gasteiger partial charge >= 0.3 is 5.97 Å². The Bertz CT molecular complexity index is 604. The first kappa shape index (κ1) is 14.6. The van der Waals surface area contributed by atoms with E-state index in [0.29, 0.717) is 22.9 Å². The van der Waals surface area contributed by atoms with Gasteiger partial charge in [-0.2, -0.15) is 0 Å². The Labute approximate surface area is 122 Å². The van der Waals surface area contributed by atoms with Crippen molar-refractivity contribution >= 4 is 17.6 Å². The Hall–Kier alpha value is -1.78. The Balaban J connectivity index is 2.00. The van der Waals surface area contributed by atoms with Crippen LogP contribution in [0.25, 0.3) is 0 Å². The van der Waals surface area contributed by atoms with Crippen molar-refractivity contribution in [3.63, 3.8) is 0 Å². The van der Waals surface area contributed by atoms with Gasteiger partial charge in [-0.25, -0.2) is 4.79 Å². The van der Waals surface area contributed by atoms with Gasteiger partial charge in [0.05, 0.1) is 6.54 Å². The number of rotatable bonds is 5. The molecule has 20 heavy (non-hydrogen) atoms. The second kappa shape index (κ2) is 6.11. The minimum absolute atomic E-state index is 0.0138. The third kappa shape index (κ3) is 3.62. The van der Waals surface area contributed by atoms with E-state index in [1.807, 2.05) is 36.2 Å². The van der Waals surface area contributed by atoms with Crippen LogP contribution in [0.4, 0.5) is 0 Å². The molecular weight excluding hydrogens is 278 g/mol. The molecule has 5 heteroatoms. The number of benzene rings is 1. The van der Waals surface area contributed by atoms with Gasteiger partial charge < -0.3 is 9.52 Å². The lowest BCUT2D eigenvalue weighted by Crippen LogP contribution is -2.16. The Morgan fingerprint density at radius 2 is 1.95 bits per heavy atom. The van der Waals surface area contributed by atoms with Crippen LogP contribution in [0, 0.1) is 6.92 Å². The quantitative estimate of drug-likeness (QED) is 0.915. The first-order valence-corrected chi connectivity index (χ1v) is 6.59. The summed E-state index contributed by atoms with van der Waals surface area (Å²) in [6.07, 6.45) is 0. The molecule has 0 atom stereocenters. The van der Waals surface area contributed by atoms with E-state index in [1.165, 1.54) is 0 Å². The van der Waals surface area contributed by atoms with E-state index in [-0.39, 0.29) is 5.76 Å². The molecule has 1 aromatic heterocycles. The van der Waals surface area contributed by atoms with Crippen molar-refractivity contribution < 1.29 is 14.3 Å². The van der Waals surface area contributed by atoms with Gasteiger partial charge in [0.2, 0.25) is 5.76 Å². The smallest absolute Gasteiger partial charge is 0.372 e. The number of carbonyl (C=O) groups is 1. The van der Waals surface area contributed by atoms with E-state index < -0.39 is 5.97 Å². The zero-order valence-electron chi connectivity index (χ0n) is 11.4. The van der Waals surface area contributed by atoms with Crippen LogP contribution in [-0.4, -0.2) is 23.0 Å². The lowest BCUT2D eigenvalue weighted by atomic mass is 10.2. The topological polar surface area (TPSA) is 53.7 Å². The van der Waals surface area contributed by atoms with E-state index in [9.17, 15) is 4.79 Å². The third-order valence-electron chi connectivity index (χ3n) is 2.95. The second-order valence-electron chi connectivity index (χ2n) is 4.83. The van der Waals surface area contributed by atoms with Gasteiger partial charge in [0, 0.05) is 17.1 Å². The fourth-order valence-corrected chi connectivity index (χ4v) is 2.19. The average Bonchev–Trinajstić information content (AvgIpc) is 2.73. The number of nitrogens with zero attached hydrogens (tertiary/aromatic N) is 1. The number of hydrogen-bond acceptors (Lipinski definition) is 3. The van der Waals surface area contributed by atoms with Crippen molar-refractivity contribution in [2.45, 2.75) is 20.0 Å². The molecule has 0 spiro atoms. The largest absolute Gasteiger partial charge is 0.475 e. The molecule has 2 aromatic rings. The van der Waals surface area contributed by atoms with E-state index >= 15 is 0 Å². The number of halogens is 1. The lowest BCUT2D eigenvalue weighted by Gasteiger charge is -2.15. The van der Waals surface area contributed by atoms with Crippen molar-refractivity contribution in [1.82, 2.24) is 4.90 Å². The van der Waals surface area contributed by atoms with Gasteiger partial charge in [-0.3, -0.25) is 4.90 Å². The highest BCUT2D eigenvalue weighted by Gasteiger charge is 2.15. The number of carboxylic acids is 1. The molecule has 0 saturated heterocycles. The molecule has 4 nitrogen and oxygen atoms in total. The standard InChI is InChI=1S/C15H16ClNO3/c1-10-7-13(20-14(10)15(18)19)9-17(2)8-11-3-5-12(16)6-4-11/h3-7H,8-9H2,1-2H3,(H,18,19). The van der Waals surface area contributed by atoms with Crippen molar-refractivity contribution in [3.05, 3.63) is 58.0 Å². The number of aromatic carboxylic acids is 1. The monoisotopic (exact) mass is 293 g/mol. The fraction of sp³-hybridized carbons (Fsp3) is 0.267. The molecule has 0 aliphatic rings. The molecule has 0 bridgehead atoms. The van der Waals surface area contributed by atoms with Crippen LogP contribution >= 0.6 is 11.6 Å². The maximum atomic E-state index is 10.9. The van der Waals surface area contributed by atoms with Gasteiger partial charge in [0.25, 0.3) is 0 Å². The van der Waals surface area contributed by atoms with Gasteiger partial charge in [0.15, 0.2) is 0 Å². The van der Waals surface area contributed by atoms with Crippen molar-refractivity contribution in [1.29, 1.82) is 0 Å². The Kier molecular flexibility index (Phi) is 4.47. The molecule has 0 saturated carbocycles. The summed E-state index contributed by atoms with van der Waals surface area (Å²) in [5.41, 5.74) is 1.78. The van der Waals surface area contributed by atoms with Crippen molar-refractivity contribution in [2.75, 3.05) is 7.05 Å². The molecule has 1 heterocycles. The molecule has 0 aliphatic carbocycles. The second-order valence-corrected chi connectivity index (χ2v) is 5.27. The minimum Gasteiger partial charge on any atom is -0.475 e. The van der Waals surface area contributed by atoms with Crippen LogP contribution in [0.3, 0.4) is 0 Å². The Morgan fingerprint density at radius 1 is 1.30 bits per heavy atom. The summed E-state index contributed by atoms with van der Waals surface area (Å²) < 4.78 is 5.34.